The minimum absolute atomic E-state index is 0.0117. The summed E-state index contributed by atoms with van der Waals surface area (Å²) in [6, 6.07) is 0. The van der Waals surface area contributed by atoms with Crippen LogP contribution in [0.3, 0.4) is 0 Å². The fourth-order valence-corrected chi connectivity index (χ4v) is 2.51. The number of rotatable bonds is 1. The van der Waals surface area contributed by atoms with Crippen molar-refractivity contribution in [2.45, 2.75) is 45.4 Å². The monoisotopic (exact) mass is 205 g/mol. The van der Waals surface area contributed by atoms with E-state index in [4.69, 9.17) is 4.52 Å². The molecule has 0 radical (unpaired) electrons. The number of carbonyl (C=O) groups excluding carboxylic acids is 1. The van der Waals surface area contributed by atoms with Gasteiger partial charge in [-0.15, -0.1) is 0 Å². The van der Waals surface area contributed by atoms with Gasteiger partial charge in [0.2, 0.25) is 0 Å². The summed E-state index contributed by atoms with van der Waals surface area (Å²) in [5, 5.41) is 4.05. The Balaban J connectivity index is 2.11. The summed E-state index contributed by atoms with van der Waals surface area (Å²) in [7, 11) is 0. The normalized spacial score (nSPS) is 22.2. The summed E-state index contributed by atoms with van der Waals surface area (Å²) < 4.78 is 5.27. The Morgan fingerprint density at radius 3 is 2.67 bits per heavy atom. The maximum atomic E-state index is 12.3. The van der Waals surface area contributed by atoms with E-state index in [-0.39, 0.29) is 11.3 Å². The highest BCUT2D eigenvalue weighted by atomic mass is 16.5. The number of Topliss-reactive ketones (excluding diaryl/α,β-unsaturated/α-hetero) is 1. The van der Waals surface area contributed by atoms with Crippen LogP contribution in [-0.4, -0.2) is 10.9 Å². The first-order valence-electron chi connectivity index (χ1n) is 5.67. The maximum Gasteiger partial charge on any atom is 0.174 e. The lowest BCUT2D eigenvalue weighted by Crippen LogP contribution is -2.24. The van der Waals surface area contributed by atoms with Crippen LogP contribution < -0.4 is 0 Å². The molecule has 0 amide bonds. The molecule has 1 aromatic heterocycles. The number of fused-ring (bicyclic) bond motifs is 1. The molecule has 0 atom stereocenters. The molecule has 2 aliphatic rings. The van der Waals surface area contributed by atoms with Crippen LogP contribution in [0.15, 0.2) is 4.52 Å². The Bertz CT molecular complexity index is 427. The molecule has 1 spiro atoms. The van der Waals surface area contributed by atoms with Crippen molar-refractivity contribution in [1.29, 1.82) is 0 Å². The molecule has 1 fully saturated rings. The van der Waals surface area contributed by atoms with Gasteiger partial charge in [-0.05, 0) is 25.2 Å². The quantitative estimate of drug-likeness (QED) is 0.708. The van der Waals surface area contributed by atoms with E-state index in [2.05, 4.69) is 19.0 Å². The molecule has 0 aromatic carbocycles. The number of nitrogens with zero attached hydrogens (tertiary/aromatic N) is 1. The van der Waals surface area contributed by atoms with Gasteiger partial charge in [-0.25, -0.2) is 0 Å². The number of hydrogen-bond acceptors (Lipinski definition) is 3. The van der Waals surface area contributed by atoms with Crippen LogP contribution in [-0.2, 0) is 6.42 Å². The van der Waals surface area contributed by atoms with Gasteiger partial charge in [-0.3, -0.25) is 4.79 Å². The molecule has 0 aliphatic heterocycles. The fraction of sp³-hybridized carbons (Fsp3) is 0.667. The van der Waals surface area contributed by atoms with Gasteiger partial charge in [0.1, 0.15) is 5.76 Å². The van der Waals surface area contributed by atoms with Gasteiger partial charge in [0.15, 0.2) is 5.78 Å². The average molecular weight is 205 g/mol. The molecule has 15 heavy (non-hydrogen) atoms. The summed E-state index contributed by atoms with van der Waals surface area (Å²) in [5.41, 5.74) is 1.66. The Hall–Kier alpha value is -1.12. The third-order valence-corrected chi connectivity index (χ3v) is 3.73. The van der Waals surface area contributed by atoms with Gasteiger partial charge in [-0.2, -0.15) is 0 Å². The molecule has 1 heterocycles. The molecule has 0 bridgehead atoms. The Labute approximate surface area is 88.8 Å². The zero-order valence-electron chi connectivity index (χ0n) is 9.17. The Kier molecular flexibility index (Phi) is 1.65. The van der Waals surface area contributed by atoms with Crippen molar-refractivity contribution in [2.24, 2.45) is 5.41 Å². The van der Waals surface area contributed by atoms with E-state index >= 15 is 0 Å². The Morgan fingerprint density at radius 1 is 1.33 bits per heavy atom. The molecule has 2 aliphatic carbocycles. The first kappa shape index (κ1) is 9.13. The molecular formula is C12H15NO2. The fourth-order valence-electron chi connectivity index (χ4n) is 2.51. The van der Waals surface area contributed by atoms with Gasteiger partial charge >= 0.3 is 0 Å². The van der Waals surface area contributed by atoms with E-state index in [0.717, 1.165) is 42.7 Å². The lowest BCUT2D eigenvalue weighted by atomic mass is 9.81. The Morgan fingerprint density at radius 2 is 2.07 bits per heavy atom. The predicted octanol–water partition coefficient (Wildman–Crippen LogP) is 2.71. The van der Waals surface area contributed by atoms with E-state index in [1.54, 1.807) is 0 Å². The maximum absolute atomic E-state index is 12.3. The lowest BCUT2D eigenvalue weighted by Gasteiger charge is -2.19. The zero-order chi connectivity index (χ0) is 10.6. The second kappa shape index (κ2) is 2.71. The average Bonchev–Trinajstić information content (AvgIpc) is 2.83. The van der Waals surface area contributed by atoms with Crippen molar-refractivity contribution in [2.75, 3.05) is 0 Å². The molecule has 0 unspecified atom stereocenters. The van der Waals surface area contributed by atoms with Crippen LogP contribution in [0.4, 0.5) is 0 Å². The molecule has 1 saturated carbocycles. The van der Waals surface area contributed by atoms with Crippen molar-refractivity contribution in [3.63, 3.8) is 0 Å². The third kappa shape index (κ3) is 1.12. The van der Waals surface area contributed by atoms with Gasteiger partial charge in [0, 0.05) is 11.8 Å². The summed E-state index contributed by atoms with van der Waals surface area (Å²) in [5.74, 6) is 1.39. The smallest absolute Gasteiger partial charge is 0.174 e. The van der Waals surface area contributed by atoms with Gasteiger partial charge < -0.3 is 4.52 Å². The minimum atomic E-state index is -0.0117. The highest BCUT2D eigenvalue weighted by Crippen LogP contribution is 2.55. The highest BCUT2D eigenvalue weighted by Gasteiger charge is 2.53. The molecule has 3 rings (SSSR count). The van der Waals surface area contributed by atoms with Crippen molar-refractivity contribution in [1.82, 2.24) is 5.16 Å². The second-order valence-corrected chi connectivity index (χ2v) is 5.13. The van der Waals surface area contributed by atoms with Crippen LogP contribution >= 0.6 is 0 Å². The first-order valence-corrected chi connectivity index (χ1v) is 5.67. The van der Waals surface area contributed by atoms with E-state index in [9.17, 15) is 4.79 Å². The number of aryl methyl sites for hydroxylation is 1. The van der Waals surface area contributed by atoms with Gasteiger partial charge in [-0.1, -0.05) is 19.0 Å². The topological polar surface area (TPSA) is 43.1 Å². The van der Waals surface area contributed by atoms with Crippen molar-refractivity contribution in [3.05, 3.63) is 17.0 Å². The van der Waals surface area contributed by atoms with Crippen molar-refractivity contribution < 1.29 is 9.32 Å². The summed E-state index contributed by atoms with van der Waals surface area (Å²) >= 11 is 0. The van der Waals surface area contributed by atoms with E-state index in [1.807, 2.05) is 0 Å². The number of ketones is 1. The molecule has 0 N–H and O–H groups in total. The standard InChI is InChI=1S/C12H15NO2/c1-7(2)10-9-8(15-13-10)3-4-12(5-6-12)11(9)14/h7H,3-6H2,1-2H3. The van der Waals surface area contributed by atoms with Crippen LogP contribution in [0.2, 0.25) is 0 Å². The molecule has 1 aromatic rings. The second-order valence-electron chi connectivity index (χ2n) is 5.13. The van der Waals surface area contributed by atoms with Crippen LogP contribution in [0.25, 0.3) is 0 Å². The number of hydrogen-bond donors (Lipinski definition) is 0. The molecule has 0 saturated heterocycles. The van der Waals surface area contributed by atoms with Crippen molar-refractivity contribution in [3.8, 4) is 0 Å². The first-order chi connectivity index (χ1) is 7.14. The largest absolute Gasteiger partial charge is 0.360 e. The SMILES string of the molecule is CC(C)c1noc2c1C(=O)C1(CC2)CC1. The molecule has 80 valence electrons. The van der Waals surface area contributed by atoms with E-state index in [1.165, 1.54) is 0 Å². The van der Waals surface area contributed by atoms with Crippen LogP contribution in [0, 0.1) is 5.41 Å². The summed E-state index contributed by atoms with van der Waals surface area (Å²) in [6.45, 7) is 4.11. The van der Waals surface area contributed by atoms with E-state index in [0.29, 0.717) is 5.78 Å². The van der Waals surface area contributed by atoms with Crippen LogP contribution in [0.5, 0.6) is 0 Å². The summed E-state index contributed by atoms with van der Waals surface area (Å²) in [4.78, 5) is 12.3. The van der Waals surface area contributed by atoms with Crippen LogP contribution in [0.1, 0.15) is 60.8 Å². The lowest BCUT2D eigenvalue weighted by molar-refractivity contribution is 0.0873. The molecule has 3 heteroatoms. The highest BCUT2D eigenvalue weighted by molar-refractivity contribution is 6.04. The minimum Gasteiger partial charge on any atom is -0.360 e. The van der Waals surface area contributed by atoms with Gasteiger partial charge in [0.25, 0.3) is 0 Å². The third-order valence-electron chi connectivity index (χ3n) is 3.73. The van der Waals surface area contributed by atoms with Gasteiger partial charge in [0.05, 0.1) is 11.3 Å². The zero-order valence-corrected chi connectivity index (χ0v) is 9.17. The van der Waals surface area contributed by atoms with E-state index < -0.39 is 0 Å². The number of aromatic nitrogens is 1. The number of carbonyl (C=O) groups is 1. The molecular weight excluding hydrogens is 190 g/mol. The summed E-state index contributed by atoms with van der Waals surface area (Å²) in [6.07, 6.45) is 3.98. The molecule has 3 nitrogen and oxygen atoms in total. The predicted molar refractivity (Wildman–Crippen MR) is 54.9 cm³/mol. The van der Waals surface area contributed by atoms with Crippen molar-refractivity contribution >= 4 is 5.78 Å².